The van der Waals surface area contributed by atoms with Crippen LogP contribution < -0.4 is 4.74 Å². The van der Waals surface area contributed by atoms with Gasteiger partial charge in [0.25, 0.3) is 0 Å². The van der Waals surface area contributed by atoms with Crippen molar-refractivity contribution in [3.63, 3.8) is 0 Å². The second kappa shape index (κ2) is 9.80. The summed E-state index contributed by atoms with van der Waals surface area (Å²) in [7, 11) is 0. The zero-order valence-electron chi connectivity index (χ0n) is 16.3. The highest BCUT2D eigenvalue weighted by molar-refractivity contribution is 5.33. The highest BCUT2D eigenvalue weighted by atomic mass is 19.3. The molecule has 0 bridgehead atoms. The summed E-state index contributed by atoms with van der Waals surface area (Å²) in [5, 5.41) is 0. The van der Waals surface area contributed by atoms with Crippen LogP contribution in [0.1, 0.15) is 75.7 Å². The number of hydrogen-bond acceptors (Lipinski definition) is 1. The summed E-state index contributed by atoms with van der Waals surface area (Å²) in [6.07, 6.45) is 13.5. The lowest BCUT2D eigenvalue weighted by atomic mass is 9.68. The largest absolute Gasteiger partial charge is 0.429 e. The topological polar surface area (TPSA) is 9.23 Å². The molecule has 2 saturated carbocycles. The molecule has 0 atom stereocenters. The van der Waals surface area contributed by atoms with E-state index in [2.05, 4.69) is 11.3 Å². The van der Waals surface area contributed by atoms with Gasteiger partial charge in [-0.1, -0.05) is 18.9 Å². The van der Waals surface area contributed by atoms with Crippen molar-refractivity contribution in [2.24, 2.45) is 17.8 Å². The Labute approximate surface area is 165 Å². The summed E-state index contributed by atoms with van der Waals surface area (Å²) in [5.41, 5.74) is 0.559. The third-order valence-electron chi connectivity index (χ3n) is 6.81. The molecule has 0 amide bonds. The summed E-state index contributed by atoms with van der Waals surface area (Å²) < 4.78 is 56.5. The van der Waals surface area contributed by atoms with E-state index in [9.17, 15) is 17.6 Å². The maximum Gasteiger partial charge on any atom is 0.387 e. The summed E-state index contributed by atoms with van der Waals surface area (Å²) in [5.74, 6) is -0.676. The highest BCUT2D eigenvalue weighted by Gasteiger charge is 2.31. The first-order valence-electron chi connectivity index (χ1n) is 10.5. The molecule has 2 fully saturated rings. The highest BCUT2D eigenvalue weighted by Crippen LogP contribution is 2.45. The number of ether oxygens (including phenoxy) is 1. The zero-order valence-corrected chi connectivity index (χ0v) is 16.3. The van der Waals surface area contributed by atoms with Crippen molar-refractivity contribution in [3.05, 3.63) is 42.0 Å². The second-order valence-corrected chi connectivity index (χ2v) is 8.45. The monoisotopic (exact) mass is 398 g/mol. The fraction of sp³-hybridized carbons (Fsp3) is 0.652. The molecule has 2 aliphatic rings. The van der Waals surface area contributed by atoms with Crippen LogP contribution in [0.5, 0.6) is 5.75 Å². The smallest absolute Gasteiger partial charge is 0.387 e. The third-order valence-corrected chi connectivity index (χ3v) is 6.81. The molecule has 0 radical (unpaired) electrons. The van der Waals surface area contributed by atoms with Gasteiger partial charge in [0.2, 0.25) is 0 Å². The summed E-state index contributed by atoms with van der Waals surface area (Å²) in [6.45, 7) is 0.568. The van der Waals surface area contributed by atoms with Gasteiger partial charge in [0, 0.05) is 0 Å². The van der Waals surface area contributed by atoms with Crippen LogP contribution in [0.3, 0.4) is 0 Å². The molecule has 0 saturated heterocycles. The molecule has 0 N–H and O–H groups in total. The number of benzene rings is 1. The van der Waals surface area contributed by atoms with Gasteiger partial charge in [-0.15, -0.1) is 6.58 Å². The van der Waals surface area contributed by atoms with Gasteiger partial charge in [0.1, 0.15) is 0 Å². The van der Waals surface area contributed by atoms with E-state index in [0.717, 1.165) is 56.1 Å². The number of alkyl halides is 2. The summed E-state index contributed by atoms with van der Waals surface area (Å²) in [6, 6.07) is 2.33. The Kier molecular flexibility index (Phi) is 7.42. The summed E-state index contributed by atoms with van der Waals surface area (Å²) >= 11 is 0. The van der Waals surface area contributed by atoms with Crippen LogP contribution in [-0.2, 0) is 0 Å². The average Bonchev–Trinajstić information content (AvgIpc) is 2.69. The Bertz CT molecular complexity index is 621. The minimum atomic E-state index is -3.24. The van der Waals surface area contributed by atoms with E-state index in [1.165, 1.54) is 32.1 Å². The van der Waals surface area contributed by atoms with E-state index in [4.69, 9.17) is 0 Å². The van der Waals surface area contributed by atoms with Crippen molar-refractivity contribution in [1.82, 2.24) is 0 Å². The molecule has 5 heteroatoms. The average molecular weight is 398 g/mol. The predicted octanol–water partition coefficient (Wildman–Crippen LogP) is 7.61. The normalized spacial score (nSPS) is 28.3. The van der Waals surface area contributed by atoms with Gasteiger partial charge in [-0.2, -0.15) is 8.78 Å². The second-order valence-electron chi connectivity index (χ2n) is 8.45. The van der Waals surface area contributed by atoms with Crippen molar-refractivity contribution in [2.45, 2.75) is 76.7 Å². The van der Waals surface area contributed by atoms with E-state index in [-0.39, 0.29) is 5.92 Å². The van der Waals surface area contributed by atoms with Gasteiger partial charge >= 0.3 is 6.61 Å². The molecule has 1 nitrogen and oxygen atoms in total. The van der Waals surface area contributed by atoms with Gasteiger partial charge in [-0.05, 0) is 92.7 Å². The van der Waals surface area contributed by atoms with Gasteiger partial charge < -0.3 is 4.74 Å². The molecular formula is C23H30F4O. The molecule has 156 valence electrons. The lowest BCUT2D eigenvalue weighted by Crippen LogP contribution is -2.25. The third kappa shape index (κ3) is 5.30. The van der Waals surface area contributed by atoms with E-state index in [1.807, 2.05) is 6.08 Å². The van der Waals surface area contributed by atoms with Crippen LogP contribution in [-0.4, -0.2) is 6.61 Å². The molecule has 1 aromatic carbocycles. The van der Waals surface area contributed by atoms with E-state index in [1.54, 1.807) is 0 Å². The maximum atomic E-state index is 14.0. The molecule has 0 aliphatic heterocycles. The van der Waals surface area contributed by atoms with Gasteiger partial charge in [0.05, 0.1) is 0 Å². The molecule has 3 rings (SSSR count). The van der Waals surface area contributed by atoms with Crippen LogP contribution >= 0.6 is 0 Å². The lowest BCUT2D eigenvalue weighted by molar-refractivity contribution is -0.0546. The van der Waals surface area contributed by atoms with E-state index >= 15 is 0 Å². The van der Waals surface area contributed by atoms with E-state index < -0.39 is 24.0 Å². The van der Waals surface area contributed by atoms with Crippen LogP contribution in [0.4, 0.5) is 17.6 Å². The zero-order chi connectivity index (χ0) is 20.1. The first-order chi connectivity index (χ1) is 13.5. The van der Waals surface area contributed by atoms with Gasteiger partial charge in [-0.3, -0.25) is 0 Å². The van der Waals surface area contributed by atoms with Crippen LogP contribution in [0.2, 0.25) is 0 Å². The van der Waals surface area contributed by atoms with Crippen molar-refractivity contribution in [1.29, 1.82) is 0 Å². The number of allylic oxidation sites excluding steroid dienone is 1. The van der Waals surface area contributed by atoms with Crippen LogP contribution in [0, 0.1) is 29.4 Å². The Morgan fingerprint density at radius 2 is 1.46 bits per heavy atom. The van der Waals surface area contributed by atoms with Crippen LogP contribution in [0.15, 0.2) is 24.8 Å². The Morgan fingerprint density at radius 3 is 1.96 bits per heavy atom. The maximum absolute atomic E-state index is 14.0. The Balaban J connectivity index is 1.52. The molecule has 28 heavy (non-hydrogen) atoms. The molecule has 1 aromatic rings. The first-order valence-corrected chi connectivity index (χ1v) is 10.5. The SMILES string of the molecule is C=CCC[C@H]1CC[C@H]([C@H]2CC[C@H](c3cc(F)c(OC(F)F)c(F)c3)CC2)CC1. The molecule has 2 aliphatic carbocycles. The first kappa shape index (κ1) is 21.2. The van der Waals surface area contributed by atoms with Crippen molar-refractivity contribution >= 4 is 0 Å². The summed E-state index contributed by atoms with van der Waals surface area (Å²) in [4.78, 5) is 0. The van der Waals surface area contributed by atoms with Crippen molar-refractivity contribution < 1.29 is 22.3 Å². The fourth-order valence-corrected chi connectivity index (χ4v) is 5.24. The minimum Gasteiger partial charge on any atom is -0.429 e. The lowest BCUT2D eigenvalue weighted by Gasteiger charge is -2.38. The number of rotatable bonds is 7. The van der Waals surface area contributed by atoms with Crippen LogP contribution in [0.25, 0.3) is 0 Å². The predicted molar refractivity (Wildman–Crippen MR) is 103 cm³/mol. The number of halogens is 4. The molecule has 0 spiro atoms. The van der Waals surface area contributed by atoms with Crippen molar-refractivity contribution in [2.75, 3.05) is 0 Å². The molecule has 0 aromatic heterocycles. The molecule has 0 heterocycles. The van der Waals surface area contributed by atoms with Gasteiger partial charge in [-0.25, -0.2) is 8.78 Å². The minimum absolute atomic E-state index is 0.0878. The molecule has 0 unspecified atom stereocenters. The quantitative estimate of drug-likeness (QED) is 0.339. The number of hydrogen-bond donors (Lipinski definition) is 0. The standard InChI is InChI=1S/C23H30F4O/c1-2-3-4-15-5-7-16(8-6-15)17-9-11-18(12-10-17)19-13-20(24)22(21(25)14-19)28-23(26)27/h2,13-18,23H,1,3-12H2/t15-,16-,17-,18-. The molecular weight excluding hydrogens is 368 g/mol. The van der Waals surface area contributed by atoms with Gasteiger partial charge in [0.15, 0.2) is 17.4 Å². The Hall–Kier alpha value is -1.52. The van der Waals surface area contributed by atoms with Crippen molar-refractivity contribution in [3.8, 4) is 5.75 Å². The fourth-order valence-electron chi connectivity index (χ4n) is 5.24. The Morgan fingerprint density at radius 1 is 0.929 bits per heavy atom. The van der Waals surface area contributed by atoms with E-state index in [0.29, 0.717) is 11.5 Å².